The number of carbonyl (C=O) groups excluding carboxylic acids is 1. The Kier molecular flexibility index (Phi) is 7.72. The molecule has 0 aromatic carbocycles. The Hall–Kier alpha value is -1.65. The highest BCUT2D eigenvalue weighted by atomic mass is 16.5. The van der Waals surface area contributed by atoms with Gasteiger partial charge in [-0.25, -0.2) is 4.79 Å². The van der Waals surface area contributed by atoms with E-state index in [2.05, 4.69) is 10.2 Å². The zero-order chi connectivity index (χ0) is 15.7. The van der Waals surface area contributed by atoms with Gasteiger partial charge in [0.15, 0.2) is 0 Å². The topological polar surface area (TPSA) is 71.2 Å². The monoisotopic (exact) mass is 294 g/mol. The molecule has 0 amide bonds. The number of nitrogens with zero attached hydrogens (tertiary/aromatic N) is 2. The normalized spacial score (nSPS) is 18.7. The van der Waals surface area contributed by atoms with Crippen molar-refractivity contribution in [3.05, 3.63) is 11.3 Å². The number of aliphatic hydroxyl groups is 1. The number of allylic oxidation sites excluding steroid dienone is 1. The molecule has 0 heterocycles. The van der Waals surface area contributed by atoms with Gasteiger partial charge in [0.25, 0.3) is 0 Å². The third-order valence-corrected chi connectivity index (χ3v) is 3.61. The Labute approximate surface area is 126 Å². The van der Waals surface area contributed by atoms with Crippen LogP contribution in [0, 0.1) is 5.92 Å². The zero-order valence-corrected chi connectivity index (χ0v) is 13.3. The highest BCUT2D eigenvalue weighted by Crippen LogP contribution is 2.26. The molecule has 118 valence electrons. The minimum atomic E-state index is -0.582. The number of hydrogen-bond donors (Lipinski definition) is 1. The van der Waals surface area contributed by atoms with Crippen LogP contribution in [-0.2, 0) is 9.53 Å². The molecule has 0 spiro atoms. The van der Waals surface area contributed by atoms with Gasteiger partial charge in [-0.15, -0.1) is 0 Å². The van der Waals surface area contributed by atoms with Crippen LogP contribution in [0.3, 0.4) is 0 Å². The number of esters is 1. The first-order chi connectivity index (χ1) is 10.0. The molecule has 0 bridgehead atoms. The van der Waals surface area contributed by atoms with E-state index < -0.39 is 5.97 Å². The van der Waals surface area contributed by atoms with Crippen LogP contribution in [0.2, 0.25) is 0 Å². The molecule has 0 aliphatic heterocycles. The Morgan fingerprint density at radius 1 is 1.29 bits per heavy atom. The van der Waals surface area contributed by atoms with E-state index in [1.54, 1.807) is 6.92 Å². The van der Waals surface area contributed by atoms with E-state index in [1.807, 2.05) is 6.92 Å². The van der Waals surface area contributed by atoms with Gasteiger partial charge in [-0.1, -0.05) is 32.1 Å². The molecule has 1 fully saturated rings. The van der Waals surface area contributed by atoms with E-state index in [0.717, 1.165) is 12.1 Å². The molecule has 0 saturated heterocycles. The first-order valence-corrected chi connectivity index (χ1v) is 7.68. The van der Waals surface area contributed by atoms with Crippen LogP contribution in [0.15, 0.2) is 21.5 Å². The van der Waals surface area contributed by atoms with Crippen molar-refractivity contribution in [2.45, 2.75) is 59.3 Å². The summed E-state index contributed by atoms with van der Waals surface area (Å²) >= 11 is 0. The van der Waals surface area contributed by atoms with E-state index >= 15 is 0 Å². The van der Waals surface area contributed by atoms with Crippen LogP contribution in [0.25, 0.3) is 0 Å². The summed E-state index contributed by atoms with van der Waals surface area (Å²) < 4.78 is 4.85. The van der Waals surface area contributed by atoms with Crippen LogP contribution in [0.5, 0.6) is 0 Å². The van der Waals surface area contributed by atoms with E-state index in [4.69, 9.17) is 4.74 Å². The fourth-order valence-corrected chi connectivity index (χ4v) is 2.54. The molecule has 21 heavy (non-hydrogen) atoms. The molecule has 0 radical (unpaired) electrons. The Bertz CT molecular complexity index is 429. The second kappa shape index (κ2) is 9.32. The fourth-order valence-electron chi connectivity index (χ4n) is 2.54. The molecular formula is C16H26N2O3. The molecule has 0 unspecified atom stereocenters. The molecular weight excluding hydrogens is 268 g/mol. The van der Waals surface area contributed by atoms with Gasteiger partial charge >= 0.3 is 5.97 Å². The number of rotatable bonds is 6. The van der Waals surface area contributed by atoms with Gasteiger partial charge in [0.05, 0.1) is 12.8 Å². The summed E-state index contributed by atoms with van der Waals surface area (Å²) in [5, 5.41) is 17.5. The molecule has 1 aliphatic carbocycles. The lowest BCUT2D eigenvalue weighted by Gasteiger charge is -2.20. The van der Waals surface area contributed by atoms with Crippen molar-refractivity contribution in [2.75, 3.05) is 6.61 Å². The van der Waals surface area contributed by atoms with Gasteiger partial charge in [-0.3, -0.25) is 0 Å². The van der Waals surface area contributed by atoms with E-state index in [-0.39, 0.29) is 17.9 Å². The van der Waals surface area contributed by atoms with E-state index in [9.17, 15) is 9.90 Å². The Morgan fingerprint density at radius 3 is 2.52 bits per heavy atom. The van der Waals surface area contributed by atoms with Crippen molar-refractivity contribution in [3.8, 4) is 0 Å². The predicted octanol–water partition coefficient (Wildman–Crippen LogP) is 3.80. The zero-order valence-electron chi connectivity index (χ0n) is 13.3. The molecule has 0 atom stereocenters. The number of aliphatic hydroxyl groups excluding tert-OH is 1. The molecule has 5 heteroatoms. The quantitative estimate of drug-likeness (QED) is 0.266. The summed E-state index contributed by atoms with van der Waals surface area (Å²) in [6.07, 6.45) is 8.70. The van der Waals surface area contributed by atoms with Gasteiger partial charge in [0.1, 0.15) is 11.3 Å². The first-order valence-electron chi connectivity index (χ1n) is 7.68. The largest absolute Gasteiger partial charge is 0.512 e. The fraction of sp³-hybridized carbons (Fsp3) is 0.688. The average molecular weight is 294 g/mol. The molecule has 1 saturated carbocycles. The van der Waals surface area contributed by atoms with Crippen LogP contribution in [0.1, 0.15) is 59.3 Å². The third kappa shape index (κ3) is 6.56. The third-order valence-electron chi connectivity index (χ3n) is 3.61. The number of carbonyl (C=O) groups is 1. The second-order valence-electron chi connectivity index (χ2n) is 5.51. The molecule has 1 aliphatic rings. The van der Waals surface area contributed by atoms with Crippen molar-refractivity contribution in [2.24, 2.45) is 16.1 Å². The molecule has 5 nitrogen and oxygen atoms in total. The maximum Gasteiger partial charge on any atom is 0.343 e. The van der Waals surface area contributed by atoms with Crippen LogP contribution in [-0.4, -0.2) is 29.6 Å². The molecule has 0 aromatic rings. The van der Waals surface area contributed by atoms with Gasteiger partial charge in [0, 0.05) is 5.71 Å². The summed E-state index contributed by atoms with van der Waals surface area (Å²) in [5.74, 6) is 0.0102. The van der Waals surface area contributed by atoms with Crippen molar-refractivity contribution in [3.63, 3.8) is 0 Å². The summed E-state index contributed by atoms with van der Waals surface area (Å²) in [4.78, 5) is 11.6. The lowest BCUT2D eigenvalue weighted by molar-refractivity contribution is -0.138. The van der Waals surface area contributed by atoms with Crippen molar-refractivity contribution in [1.82, 2.24) is 0 Å². The van der Waals surface area contributed by atoms with Crippen LogP contribution in [0.4, 0.5) is 0 Å². The smallest absolute Gasteiger partial charge is 0.343 e. The molecule has 1 rings (SSSR count). The van der Waals surface area contributed by atoms with Crippen LogP contribution >= 0.6 is 0 Å². The lowest BCUT2D eigenvalue weighted by Crippen LogP contribution is -2.11. The van der Waals surface area contributed by atoms with E-state index in [1.165, 1.54) is 45.2 Å². The molecule has 1 N–H and O–H groups in total. The standard InChI is InChI=1S/C16H26N2O3/c1-4-21-16(20)15(13(3)19)11-17-18-12(2)10-14-8-6-5-7-9-14/h11,14,19H,4-10H2,1-3H3/b15-13?,17-11?,18-12+. The first kappa shape index (κ1) is 17.4. The second-order valence-corrected chi connectivity index (χ2v) is 5.51. The van der Waals surface area contributed by atoms with Crippen molar-refractivity contribution in [1.29, 1.82) is 0 Å². The van der Waals surface area contributed by atoms with Gasteiger partial charge in [-0.05, 0) is 33.1 Å². The van der Waals surface area contributed by atoms with E-state index in [0.29, 0.717) is 5.92 Å². The molecule has 0 aromatic heterocycles. The number of ether oxygens (including phenoxy) is 1. The lowest BCUT2D eigenvalue weighted by atomic mass is 9.86. The summed E-state index contributed by atoms with van der Waals surface area (Å²) in [6.45, 7) is 5.35. The predicted molar refractivity (Wildman–Crippen MR) is 84.8 cm³/mol. The van der Waals surface area contributed by atoms with Gasteiger partial charge in [0.2, 0.25) is 0 Å². The Morgan fingerprint density at radius 2 is 1.95 bits per heavy atom. The van der Waals surface area contributed by atoms with Gasteiger partial charge in [-0.2, -0.15) is 10.2 Å². The minimum Gasteiger partial charge on any atom is -0.512 e. The maximum atomic E-state index is 11.6. The van der Waals surface area contributed by atoms with Crippen LogP contribution < -0.4 is 0 Å². The Balaban J connectivity index is 2.58. The van der Waals surface area contributed by atoms with Crippen molar-refractivity contribution >= 4 is 17.9 Å². The summed E-state index contributed by atoms with van der Waals surface area (Å²) in [5.41, 5.74) is 1.00. The highest BCUT2D eigenvalue weighted by molar-refractivity contribution is 6.09. The summed E-state index contributed by atoms with van der Waals surface area (Å²) in [7, 11) is 0. The maximum absolute atomic E-state index is 11.6. The van der Waals surface area contributed by atoms with Crippen molar-refractivity contribution < 1.29 is 14.6 Å². The highest BCUT2D eigenvalue weighted by Gasteiger charge is 2.14. The van der Waals surface area contributed by atoms with Gasteiger partial charge < -0.3 is 9.84 Å². The SMILES string of the molecule is CCOC(=O)C(C=N/N=C(\C)CC1CCCCC1)=C(C)O. The number of hydrogen-bond acceptors (Lipinski definition) is 5. The minimum absolute atomic E-state index is 0.0473. The summed E-state index contributed by atoms with van der Waals surface area (Å²) in [6, 6.07) is 0. The average Bonchev–Trinajstić information content (AvgIpc) is 2.44.